The Kier molecular flexibility index (Phi) is 5.21. The van der Waals surface area contributed by atoms with Crippen LogP contribution in [-0.4, -0.2) is 56.4 Å². The van der Waals surface area contributed by atoms with Gasteiger partial charge in [0.1, 0.15) is 0 Å². The van der Waals surface area contributed by atoms with Gasteiger partial charge in [-0.3, -0.25) is 9.69 Å². The molecule has 0 radical (unpaired) electrons. The minimum atomic E-state index is -0.957. The summed E-state index contributed by atoms with van der Waals surface area (Å²) in [4.78, 5) is 18.1. The van der Waals surface area contributed by atoms with Crippen molar-refractivity contribution in [2.45, 2.75) is 32.4 Å². The predicted octanol–water partition coefficient (Wildman–Crippen LogP) is 3.84. The maximum absolute atomic E-state index is 13.7. The number of carbonyl (C=O) groups is 1. The second-order valence-electron chi connectivity index (χ2n) is 9.90. The molecule has 34 heavy (non-hydrogen) atoms. The summed E-state index contributed by atoms with van der Waals surface area (Å²) in [5.41, 5.74) is 2.49. The Bertz CT molecular complexity index is 1230. The summed E-state index contributed by atoms with van der Waals surface area (Å²) < 4.78 is 28.5. The van der Waals surface area contributed by atoms with E-state index in [1.807, 2.05) is 11.0 Å². The Morgan fingerprint density at radius 1 is 1.00 bits per heavy atom. The van der Waals surface area contributed by atoms with Crippen molar-refractivity contribution < 1.29 is 13.6 Å². The topological polar surface area (TPSA) is 54.3 Å². The lowest BCUT2D eigenvalue weighted by Gasteiger charge is -2.51. The third-order valence-electron chi connectivity index (χ3n) is 8.01. The van der Waals surface area contributed by atoms with Crippen molar-refractivity contribution in [3.05, 3.63) is 77.1 Å². The molecule has 1 saturated carbocycles. The Morgan fingerprint density at radius 3 is 2.59 bits per heavy atom. The molecular formula is C26H27F2N5O. The molecule has 4 fully saturated rings. The normalized spacial score (nSPS) is 26.1. The molecule has 1 amide bonds. The lowest BCUT2D eigenvalue weighted by Crippen LogP contribution is -2.59. The summed E-state index contributed by atoms with van der Waals surface area (Å²) in [6.45, 7) is 5.54. The number of halogens is 2. The molecule has 1 aromatic heterocycles. The maximum atomic E-state index is 13.7. The van der Waals surface area contributed by atoms with Crippen LogP contribution in [0.4, 0.5) is 8.78 Å². The van der Waals surface area contributed by atoms with Crippen molar-refractivity contribution in [1.82, 2.24) is 24.8 Å². The van der Waals surface area contributed by atoms with E-state index in [9.17, 15) is 13.6 Å². The van der Waals surface area contributed by atoms with E-state index in [0.29, 0.717) is 29.1 Å². The zero-order valence-corrected chi connectivity index (χ0v) is 19.1. The van der Waals surface area contributed by atoms with Gasteiger partial charge in [-0.2, -0.15) is 0 Å². The van der Waals surface area contributed by atoms with Gasteiger partial charge in [0.15, 0.2) is 17.3 Å². The van der Waals surface area contributed by atoms with Crippen molar-refractivity contribution in [2.75, 3.05) is 19.6 Å². The highest BCUT2D eigenvalue weighted by Gasteiger charge is 2.52. The van der Waals surface area contributed by atoms with Gasteiger partial charge in [0.2, 0.25) is 0 Å². The molecule has 6 nitrogen and oxygen atoms in total. The van der Waals surface area contributed by atoms with Crippen molar-refractivity contribution in [1.29, 1.82) is 0 Å². The molecule has 2 bridgehead atoms. The fraction of sp³-hybridized carbons (Fsp3) is 0.423. The molecule has 4 aliphatic rings. The van der Waals surface area contributed by atoms with E-state index in [-0.39, 0.29) is 17.6 Å². The quantitative estimate of drug-likeness (QED) is 0.590. The van der Waals surface area contributed by atoms with E-state index < -0.39 is 11.6 Å². The zero-order chi connectivity index (χ0) is 23.4. The number of hydrogen-bond donors (Lipinski definition) is 0. The number of hydrogen-bond acceptors (Lipinski definition) is 4. The van der Waals surface area contributed by atoms with Crippen molar-refractivity contribution >= 4 is 5.91 Å². The summed E-state index contributed by atoms with van der Waals surface area (Å²) >= 11 is 0. The number of rotatable bonds is 4. The van der Waals surface area contributed by atoms with Gasteiger partial charge in [-0.05, 0) is 55.2 Å². The highest BCUT2D eigenvalue weighted by molar-refractivity contribution is 5.93. The number of carbonyl (C=O) groups excluding carboxylic acids is 1. The van der Waals surface area contributed by atoms with E-state index in [0.717, 1.165) is 51.2 Å². The van der Waals surface area contributed by atoms with Gasteiger partial charge in [-0.1, -0.05) is 35.5 Å². The molecule has 2 aromatic carbocycles. The lowest BCUT2D eigenvalue weighted by atomic mass is 9.66. The molecule has 176 valence electrons. The third kappa shape index (κ3) is 3.52. The average Bonchev–Trinajstić information content (AvgIpc) is 3.46. The Morgan fingerprint density at radius 2 is 1.79 bits per heavy atom. The molecule has 8 heteroatoms. The minimum absolute atomic E-state index is 0.110. The second-order valence-corrected chi connectivity index (χ2v) is 9.90. The highest BCUT2D eigenvalue weighted by Crippen LogP contribution is 2.47. The average molecular weight is 464 g/mol. The molecule has 4 atom stereocenters. The molecule has 4 unspecified atom stereocenters. The molecule has 7 rings (SSSR count). The molecule has 3 aliphatic heterocycles. The van der Waals surface area contributed by atoms with Crippen molar-refractivity contribution in [3.63, 3.8) is 0 Å². The van der Waals surface area contributed by atoms with Crippen LogP contribution in [0.5, 0.6) is 0 Å². The number of nitrogens with zero attached hydrogens (tertiary/aromatic N) is 5. The lowest BCUT2D eigenvalue weighted by molar-refractivity contribution is -0.0148. The molecule has 3 saturated heterocycles. The van der Waals surface area contributed by atoms with Crippen LogP contribution in [0.15, 0.2) is 48.5 Å². The number of amides is 1. The van der Waals surface area contributed by atoms with Crippen LogP contribution in [0.1, 0.15) is 34.6 Å². The van der Waals surface area contributed by atoms with Gasteiger partial charge in [-0.15, -0.1) is 5.10 Å². The summed E-state index contributed by atoms with van der Waals surface area (Å²) in [6.07, 6.45) is 2.18. The van der Waals surface area contributed by atoms with E-state index in [1.165, 1.54) is 16.3 Å². The first-order valence-electron chi connectivity index (χ1n) is 11.9. The highest BCUT2D eigenvalue weighted by atomic mass is 19.2. The Labute approximate surface area is 197 Å². The van der Waals surface area contributed by atoms with Crippen LogP contribution in [0.2, 0.25) is 0 Å². The van der Waals surface area contributed by atoms with Gasteiger partial charge in [0.25, 0.3) is 5.91 Å². The largest absolute Gasteiger partial charge is 0.334 e. The Balaban J connectivity index is 1.21. The predicted molar refractivity (Wildman–Crippen MR) is 122 cm³/mol. The van der Waals surface area contributed by atoms with Gasteiger partial charge in [0.05, 0.1) is 11.4 Å². The first-order valence-corrected chi connectivity index (χ1v) is 11.9. The van der Waals surface area contributed by atoms with E-state index in [1.54, 1.807) is 6.92 Å². The molecule has 0 spiro atoms. The monoisotopic (exact) mass is 463 g/mol. The molecule has 4 heterocycles. The van der Waals surface area contributed by atoms with Crippen LogP contribution < -0.4 is 0 Å². The molecule has 3 aromatic rings. The van der Waals surface area contributed by atoms with Crippen LogP contribution in [-0.2, 0) is 6.54 Å². The maximum Gasteiger partial charge on any atom is 0.276 e. The molecular weight excluding hydrogens is 436 g/mol. The van der Waals surface area contributed by atoms with Gasteiger partial charge < -0.3 is 4.90 Å². The fourth-order valence-electron chi connectivity index (χ4n) is 6.39. The van der Waals surface area contributed by atoms with Gasteiger partial charge in [0, 0.05) is 38.3 Å². The summed E-state index contributed by atoms with van der Waals surface area (Å²) in [5.74, 6) is -0.384. The third-order valence-corrected chi connectivity index (χ3v) is 8.01. The smallest absolute Gasteiger partial charge is 0.276 e. The van der Waals surface area contributed by atoms with Crippen LogP contribution in [0.25, 0.3) is 5.69 Å². The van der Waals surface area contributed by atoms with Gasteiger partial charge >= 0.3 is 0 Å². The standard InChI is InChI=1S/C26H27F2N5O/c1-16-25(29-30-33(16)19-8-9-22(27)23(28)11-19)26(34)32-13-18-7-10-24(32)21-15-31(14-20(18)21)12-17-5-3-2-4-6-17/h2-6,8-9,11,18,20-21,24H,7,10,12-15H2,1H3. The van der Waals surface area contributed by atoms with Crippen molar-refractivity contribution in [3.8, 4) is 5.69 Å². The Hall–Kier alpha value is -3.13. The fourth-order valence-corrected chi connectivity index (χ4v) is 6.39. The first-order chi connectivity index (χ1) is 16.5. The van der Waals surface area contributed by atoms with E-state index in [4.69, 9.17) is 0 Å². The van der Waals surface area contributed by atoms with E-state index >= 15 is 0 Å². The molecule has 1 aliphatic carbocycles. The SMILES string of the molecule is Cc1c(C(=O)N2CC3CCC2C2CN(Cc4ccccc4)CC32)nnn1-c1ccc(F)c(F)c1. The number of piperidine rings is 2. The van der Waals surface area contributed by atoms with Gasteiger partial charge in [-0.25, -0.2) is 13.5 Å². The number of likely N-dealkylation sites (tertiary alicyclic amines) is 1. The number of benzene rings is 2. The molecule has 0 N–H and O–H groups in total. The number of aromatic nitrogens is 3. The van der Waals surface area contributed by atoms with E-state index in [2.05, 4.69) is 39.5 Å². The number of fused-ring (bicyclic) bond motifs is 2. The second kappa shape index (κ2) is 8.27. The van der Waals surface area contributed by atoms with Crippen LogP contribution in [0, 0.1) is 36.3 Å². The summed E-state index contributed by atoms with van der Waals surface area (Å²) in [7, 11) is 0. The van der Waals surface area contributed by atoms with Crippen LogP contribution >= 0.6 is 0 Å². The first kappa shape index (κ1) is 21.4. The van der Waals surface area contributed by atoms with Crippen LogP contribution in [0.3, 0.4) is 0 Å². The summed E-state index contributed by atoms with van der Waals surface area (Å²) in [5, 5.41) is 8.24. The zero-order valence-electron chi connectivity index (χ0n) is 19.1. The summed E-state index contributed by atoms with van der Waals surface area (Å²) in [6, 6.07) is 14.3. The van der Waals surface area contributed by atoms with Crippen molar-refractivity contribution in [2.24, 2.45) is 17.8 Å². The minimum Gasteiger partial charge on any atom is -0.334 e.